The van der Waals surface area contributed by atoms with Gasteiger partial charge in [0, 0.05) is 19.0 Å². The van der Waals surface area contributed by atoms with Gasteiger partial charge in [-0.2, -0.15) is 14.8 Å². The second-order valence-corrected chi connectivity index (χ2v) is 6.46. The molecule has 0 saturated heterocycles. The molecule has 0 radical (unpaired) electrons. The van der Waals surface area contributed by atoms with Gasteiger partial charge in [0.1, 0.15) is 5.02 Å². The summed E-state index contributed by atoms with van der Waals surface area (Å²) in [4.78, 5) is 18.4. The summed E-state index contributed by atoms with van der Waals surface area (Å²) in [6, 6.07) is 4.74. The van der Waals surface area contributed by atoms with Crippen molar-refractivity contribution in [2.75, 3.05) is 11.9 Å². The molecule has 10 heteroatoms. The van der Waals surface area contributed by atoms with Crippen molar-refractivity contribution in [2.45, 2.75) is 13.5 Å². The normalized spacial score (nSPS) is 10.9. The SMILES string of the molecule is Cc1nc(CN(C)c2cnn(-c3ccc(Cl)cc3Cl)c(=O)c2Cl)no1. The zero-order valence-corrected chi connectivity index (χ0v) is 15.5. The van der Waals surface area contributed by atoms with E-state index in [2.05, 4.69) is 15.2 Å². The average Bonchev–Trinajstić information content (AvgIpc) is 2.95. The van der Waals surface area contributed by atoms with Gasteiger partial charge in [0.25, 0.3) is 5.56 Å². The van der Waals surface area contributed by atoms with Gasteiger partial charge in [-0.3, -0.25) is 4.79 Å². The first-order chi connectivity index (χ1) is 11.9. The maximum atomic E-state index is 12.6. The van der Waals surface area contributed by atoms with Crippen molar-refractivity contribution >= 4 is 40.5 Å². The highest BCUT2D eigenvalue weighted by atomic mass is 35.5. The van der Waals surface area contributed by atoms with Gasteiger partial charge < -0.3 is 9.42 Å². The van der Waals surface area contributed by atoms with E-state index in [4.69, 9.17) is 39.3 Å². The molecule has 0 atom stereocenters. The van der Waals surface area contributed by atoms with Crippen molar-refractivity contribution in [3.05, 3.63) is 61.5 Å². The third-order valence-corrected chi connectivity index (χ3v) is 4.29. The number of hydrogen-bond donors (Lipinski definition) is 0. The van der Waals surface area contributed by atoms with Crippen LogP contribution >= 0.6 is 34.8 Å². The Hall–Kier alpha value is -2.09. The van der Waals surface area contributed by atoms with Crippen molar-refractivity contribution < 1.29 is 4.52 Å². The second-order valence-electron chi connectivity index (χ2n) is 5.24. The van der Waals surface area contributed by atoms with Crippen molar-refractivity contribution in [1.29, 1.82) is 0 Å². The Balaban J connectivity index is 1.96. The number of rotatable bonds is 4. The molecule has 0 amide bonds. The molecule has 0 saturated carbocycles. The van der Waals surface area contributed by atoms with Crippen LogP contribution in [0.4, 0.5) is 5.69 Å². The molecule has 0 aliphatic carbocycles. The van der Waals surface area contributed by atoms with Crippen LogP contribution in [0.5, 0.6) is 0 Å². The fraction of sp³-hybridized carbons (Fsp3) is 0.200. The average molecular weight is 401 g/mol. The Kier molecular flexibility index (Phi) is 4.99. The first-order valence-electron chi connectivity index (χ1n) is 7.10. The van der Waals surface area contributed by atoms with Crippen LogP contribution in [0.25, 0.3) is 5.69 Å². The minimum Gasteiger partial charge on any atom is -0.364 e. The lowest BCUT2D eigenvalue weighted by Gasteiger charge is -2.18. The smallest absolute Gasteiger partial charge is 0.292 e. The minimum absolute atomic E-state index is 0.00346. The standard InChI is InChI=1S/C15H12Cl3N5O2/c1-8-20-13(21-25-8)7-22(2)12-6-19-23(15(24)14(12)18)11-4-3-9(16)5-10(11)17/h3-6H,7H2,1-2H3. The molecular weight excluding hydrogens is 389 g/mol. The number of benzene rings is 1. The monoisotopic (exact) mass is 399 g/mol. The van der Waals surface area contributed by atoms with Gasteiger partial charge in [0.2, 0.25) is 5.89 Å². The number of nitrogens with zero attached hydrogens (tertiary/aromatic N) is 5. The van der Waals surface area contributed by atoms with E-state index in [0.29, 0.717) is 39.7 Å². The molecule has 2 heterocycles. The zero-order chi connectivity index (χ0) is 18.1. The number of hydrogen-bond acceptors (Lipinski definition) is 6. The predicted octanol–water partition coefficient (Wildman–Crippen LogP) is 3.52. The molecule has 0 spiro atoms. The highest BCUT2D eigenvalue weighted by Crippen LogP contribution is 2.25. The second kappa shape index (κ2) is 7.03. The lowest BCUT2D eigenvalue weighted by atomic mass is 10.3. The van der Waals surface area contributed by atoms with Crippen LogP contribution in [0.3, 0.4) is 0 Å². The van der Waals surface area contributed by atoms with E-state index in [0.717, 1.165) is 4.68 Å². The van der Waals surface area contributed by atoms with Gasteiger partial charge in [-0.25, -0.2) is 0 Å². The van der Waals surface area contributed by atoms with Crippen LogP contribution in [0.15, 0.2) is 33.7 Å². The van der Waals surface area contributed by atoms with Crippen molar-refractivity contribution in [3.63, 3.8) is 0 Å². The van der Waals surface area contributed by atoms with Gasteiger partial charge in [0.15, 0.2) is 5.82 Å². The lowest BCUT2D eigenvalue weighted by molar-refractivity contribution is 0.387. The van der Waals surface area contributed by atoms with Gasteiger partial charge >= 0.3 is 0 Å². The summed E-state index contributed by atoms with van der Waals surface area (Å²) in [7, 11) is 1.74. The van der Waals surface area contributed by atoms with Crippen LogP contribution in [0, 0.1) is 6.92 Å². The predicted molar refractivity (Wildman–Crippen MR) is 96.0 cm³/mol. The topological polar surface area (TPSA) is 77.1 Å². The largest absolute Gasteiger partial charge is 0.364 e. The molecule has 1 aromatic carbocycles. The number of aromatic nitrogens is 4. The summed E-state index contributed by atoms with van der Waals surface area (Å²) in [6.45, 7) is 2.01. The summed E-state index contributed by atoms with van der Waals surface area (Å²) in [5.41, 5.74) is 0.330. The van der Waals surface area contributed by atoms with Gasteiger partial charge in [-0.05, 0) is 18.2 Å². The molecule has 0 unspecified atom stereocenters. The van der Waals surface area contributed by atoms with Crippen molar-refractivity contribution in [3.8, 4) is 5.69 Å². The molecule has 130 valence electrons. The third-order valence-electron chi connectivity index (χ3n) is 3.40. The van der Waals surface area contributed by atoms with Crippen LogP contribution in [0.1, 0.15) is 11.7 Å². The van der Waals surface area contributed by atoms with Crippen LogP contribution < -0.4 is 10.5 Å². The van der Waals surface area contributed by atoms with Crippen molar-refractivity contribution in [2.24, 2.45) is 0 Å². The number of halogens is 3. The summed E-state index contributed by atoms with van der Waals surface area (Å²) < 4.78 is 6.05. The molecule has 3 rings (SSSR count). The number of aryl methyl sites for hydroxylation is 1. The molecule has 3 aromatic rings. The summed E-state index contributed by atoms with van der Waals surface area (Å²) in [6.07, 6.45) is 1.47. The van der Waals surface area contributed by atoms with E-state index in [1.165, 1.54) is 12.3 Å². The zero-order valence-electron chi connectivity index (χ0n) is 13.2. The summed E-state index contributed by atoms with van der Waals surface area (Å²) >= 11 is 18.3. The molecule has 0 fully saturated rings. The first-order valence-corrected chi connectivity index (χ1v) is 8.24. The molecular formula is C15H12Cl3N5O2. The summed E-state index contributed by atoms with van der Waals surface area (Å²) in [5, 5.41) is 8.72. The van der Waals surface area contributed by atoms with Gasteiger partial charge in [-0.15, -0.1) is 0 Å². The third kappa shape index (κ3) is 3.63. The van der Waals surface area contributed by atoms with Crippen molar-refractivity contribution in [1.82, 2.24) is 19.9 Å². The van der Waals surface area contributed by atoms with E-state index >= 15 is 0 Å². The maximum Gasteiger partial charge on any atom is 0.292 e. The molecule has 25 heavy (non-hydrogen) atoms. The van der Waals surface area contributed by atoms with E-state index in [1.807, 2.05) is 0 Å². The van der Waals surface area contributed by atoms with Crippen LogP contribution in [-0.2, 0) is 6.54 Å². The Morgan fingerprint density at radius 3 is 2.68 bits per heavy atom. The van der Waals surface area contributed by atoms with E-state index in [9.17, 15) is 4.79 Å². The Morgan fingerprint density at radius 1 is 1.28 bits per heavy atom. The highest BCUT2D eigenvalue weighted by molar-refractivity contribution is 6.36. The Labute approximate surface area is 157 Å². The van der Waals surface area contributed by atoms with E-state index in [-0.39, 0.29) is 5.02 Å². The molecule has 2 aromatic heterocycles. The minimum atomic E-state index is -0.500. The lowest BCUT2D eigenvalue weighted by Crippen LogP contribution is -2.26. The number of anilines is 1. The van der Waals surface area contributed by atoms with Gasteiger partial charge in [0.05, 0.1) is 29.1 Å². The molecule has 0 bridgehead atoms. The molecule has 0 aliphatic rings. The Bertz CT molecular complexity index is 986. The van der Waals surface area contributed by atoms with Crippen LogP contribution in [-0.4, -0.2) is 27.0 Å². The van der Waals surface area contributed by atoms with E-state index < -0.39 is 5.56 Å². The fourth-order valence-corrected chi connectivity index (χ4v) is 2.98. The summed E-state index contributed by atoms with van der Waals surface area (Å²) in [5.74, 6) is 0.932. The molecule has 7 nitrogen and oxygen atoms in total. The fourth-order valence-electron chi connectivity index (χ4n) is 2.22. The molecule has 0 N–H and O–H groups in total. The first kappa shape index (κ1) is 17.7. The van der Waals surface area contributed by atoms with E-state index in [1.54, 1.807) is 31.0 Å². The van der Waals surface area contributed by atoms with Crippen LogP contribution in [0.2, 0.25) is 15.1 Å². The quantitative estimate of drug-likeness (QED) is 0.667. The highest BCUT2D eigenvalue weighted by Gasteiger charge is 2.17. The Morgan fingerprint density at radius 2 is 2.04 bits per heavy atom. The molecule has 0 aliphatic heterocycles. The van der Waals surface area contributed by atoms with Gasteiger partial charge in [-0.1, -0.05) is 40.0 Å². The maximum absolute atomic E-state index is 12.6.